The van der Waals surface area contributed by atoms with Crippen LogP contribution < -0.4 is 5.56 Å². The van der Waals surface area contributed by atoms with Gasteiger partial charge in [-0.05, 0) is 43.0 Å². The minimum absolute atomic E-state index is 0.212. The predicted octanol–water partition coefficient (Wildman–Crippen LogP) is 5.37. The molecule has 1 fully saturated rings. The number of nitrogens with zero attached hydrogens (tertiary/aromatic N) is 1. The molecule has 0 saturated heterocycles. The molecule has 0 unspecified atom stereocenters. The molecular formula is C21H20FN3OS. The summed E-state index contributed by atoms with van der Waals surface area (Å²) in [5.74, 6) is 1.46. The third-order valence-corrected chi connectivity index (χ3v) is 6.70. The first-order valence-corrected chi connectivity index (χ1v) is 10.4. The number of halogens is 1. The van der Waals surface area contributed by atoms with Crippen molar-refractivity contribution in [2.75, 3.05) is 5.75 Å². The highest BCUT2D eigenvalue weighted by Gasteiger charge is 2.18. The van der Waals surface area contributed by atoms with E-state index in [0.717, 1.165) is 38.6 Å². The van der Waals surface area contributed by atoms with E-state index >= 15 is 0 Å². The minimum atomic E-state index is -0.353. The van der Waals surface area contributed by atoms with Crippen molar-refractivity contribution in [3.8, 4) is 0 Å². The van der Waals surface area contributed by atoms with Crippen LogP contribution in [0.3, 0.4) is 0 Å². The van der Waals surface area contributed by atoms with Gasteiger partial charge in [0, 0.05) is 28.1 Å². The quantitative estimate of drug-likeness (QED) is 0.370. The summed E-state index contributed by atoms with van der Waals surface area (Å²) in [6.45, 7) is 0. The predicted molar refractivity (Wildman–Crippen MR) is 109 cm³/mol. The van der Waals surface area contributed by atoms with Crippen LogP contribution in [0.4, 0.5) is 4.39 Å². The van der Waals surface area contributed by atoms with Crippen molar-refractivity contribution in [1.29, 1.82) is 0 Å². The summed E-state index contributed by atoms with van der Waals surface area (Å²) in [6.07, 6.45) is 8.24. The number of aromatic amines is 2. The number of aromatic nitrogens is 3. The standard InChI is InChI=1S/C21H20FN3OS/c22-13-6-7-14-16(10-13)17-15(8-9-23-20(17)26)19-18(14)24-21(25-19)27-11-12-4-2-1-3-5-12/h6-10,12H,1-5,11H2,(H,23,26)(H,24,25). The summed E-state index contributed by atoms with van der Waals surface area (Å²) >= 11 is 1.75. The van der Waals surface area contributed by atoms with Crippen molar-refractivity contribution < 1.29 is 4.39 Å². The molecule has 0 amide bonds. The lowest BCUT2D eigenvalue weighted by Gasteiger charge is -2.20. The van der Waals surface area contributed by atoms with Gasteiger partial charge in [-0.15, -0.1) is 0 Å². The molecule has 0 aliphatic heterocycles. The Hall–Kier alpha value is -2.34. The summed E-state index contributed by atoms with van der Waals surface area (Å²) in [4.78, 5) is 23.4. The Kier molecular flexibility index (Phi) is 4.16. The number of rotatable bonds is 3. The normalized spacial score (nSPS) is 15.9. The Morgan fingerprint density at radius 3 is 2.81 bits per heavy atom. The van der Waals surface area contributed by atoms with E-state index in [1.54, 1.807) is 24.0 Å². The lowest BCUT2D eigenvalue weighted by Crippen LogP contribution is -2.08. The van der Waals surface area contributed by atoms with Gasteiger partial charge in [0.15, 0.2) is 5.16 Å². The molecule has 5 rings (SSSR count). The number of hydrogen-bond donors (Lipinski definition) is 2. The summed E-state index contributed by atoms with van der Waals surface area (Å²) in [7, 11) is 0. The van der Waals surface area contributed by atoms with E-state index in [9.17, 15) is 9.18 Å². The van der Waals surface area contributed by atoms with Gasteiger partial charge < -0.3 is 9.97 Å². The fourth-order valence-electron chi connectivity index (χ4n) is 4.24. The van der Waals surface area contributed by atoms with Crippen molar-refractivity contribution in [1.82, 2.24) is 15.0 Å². The molecule has 4 aromatic rings. The van der Waals surface area contributed by atoms with Crippen LogP contribution in [-0.4, -0.2) is 20.7 Å². The molecule has 0 spiro atoms. The fourth-order valence-corrected chi connectivity index (χ4v) is 5.30. The molecule has 0 bridgehead atoms. The number of nitrogens with one attached hydrogen (secondary N) is 2. The summed E-state index contributed by atoms with van der Waals surface area (Å²) < 4.78 is 13.9. The highest BCUT2D eigenvalue weighted by atomic mass is 32.2. The zero-order valence-corrected chi connectivity index (χ0v) is 15.7. The SMILES string of the molecule is O=c1[nH]ccc2c3[nH]c(SCC4CCCCC4)nc3c3ccc(F)cc3c12. The zero-order valence-electron chi connectivity index (χ0n) is 14.8. The lowest BCUT2D eigenvalue weighted by molar-refractivity contribution is 0.391. The molecule has 1 saturated carbocycles. The Balaban J connectivity index is 1.67. The van der Waals surface area contributed by atoms with E-state index in [2.05, 4.69) is 9.97 Å². The Morgan fingerprint density at radius 1 is 1.11 bits per heavy atom. The first kappa shape index (κ1) is 16.8. The Labute approximate surface area is 159 Å². The van der Waals surface area contributed by atoms with Gasteiger partial charge in [0.05, 0.1) is 16.4 Å². The number of thioether (sulfide) groups is 1. The molecular weight excluding hydrogens is 361 g/mol. The van der Waals surface area contributed by atoms with E-state index in [4.69, 9.17) is 4.98 Å². The molecule has 138 valence electrons. The van der Waals surface area contributed by atoms with Gasteiger partial charge in [-0.2, -0.15) is 0 Å². The summed E-state index contributed by atoms with van der Waals surface area (Å²) in [5.41, 5.74) is 1.44. The third-order valence-electron chi connectivity index (χ3n) is 5.60. The van der Waals surface area contributed by atoms with Crippen molar-refractivity contribution in [2.45, 2.75) is 37.3 Å². The minimum Gasteiger partial charge on any atom is -0.332 e. The molecule has 2 aromatic carbocycles. The van der Waals surface area contributed by atoms with Crippen LogP contribution in [-0.2, 0) is 0 Å². The maximum atomic E-state index is 13.9. The van der Waals surface area contributed by atoms with E-state index in [0.29, 0.717) is 10.8 Å². The highest BCUT2D eigenvalue weighted by molar-refractivity contribution is 7.99. The van der Waals surface area contributed by atoms with Crippen LogP contribution in [0.15, 0.2) is 40.4 Å². The first-order chi connectivity index (χ1) is 13.2. The Morgan fingerprint density at radius 2 is 1.96 bits per heavy atom. The second-order valence-electron chi connectivity index (χ2n) is 7.37. The number of hydrogen-bond acceptors (Lipinski definition) is 3. The topological polar surface area (TPSA) is 61.5 Å². The van der Waals surface area contributed by atoms with Gasteiger partial charge in [-0.1, -0.05) is 31.0 Å². The van der Waals surface area contributed by atoms with Crippen LogP contribution in [0.2, 0.25) is 0 Å². The fraction of sp³-hybridized carbons (Fsp3) is 0.333. The lowest BCUT2D eigenvalue weighted by atomic mass is 9.91. The van der Waals surface area contributed by atoms with Crippen LogP contribution >= 0.6 is 11.8 Å². The number of fused-ring (bicyclic) bond motifs is 6. The van der Waals surface area contributed by atoms with Gasteiger partial charge in [0.25, 0.3) is 5.56 Å². The Bertz CT molecular complexity index is 1210. The van der Waals surface area contributed by atoms with E-state index < -0.39 is 0 Å². The molecule has 6 heteroatoms. The van der Waals surface area contributed by atoms with Gasteiger partial charge in [0.2, 0.25) is 0 Å². The van der Waals surface area contributed by atoms with Gasteiger partial charge in [0.1, 0.15) is 5.82 Å². The molecule has 4 nitrogen and oxygen atoms in total. The number of benzene rings is 2. The van der Waals surface area contributed by atoms with Gasteiger partial charge >= 0.3 is 0 Å². The highest BCUT2D eigenvalue weighted by Crippen LogP contribution is 2.35. The molecule has 2 heterocycles. The zero-order chi connectivity index (χ0) is 18.4. The molecule has 2 aromatic heterocycles. The average molecular weight is 381 g/mol. The van der Waals surface area contributed by atoms with Gasteiger partial charge in [-0.25, -0.2) is 9.37 Å². The number of pyridine rings is 1. The van der Waals surface area contributed by atoms with Crippen LogP contribution in [0.25, 0.3) is 32.6 Å². The molecule has 27 heavy (non-hydrogen) atoms. The molecule has 1 aliphatic rings. The summed E-state index contributed by atoms with van der Waals surface area (Å²) in [5, 5.41) is 3.57. The first-order valence-electron chi connectivity index (χ1n) is 9.46. The monoisotopic (exact) mass is 381 g/mol. The van der Waals surface area contributed by atoms with Crippen LogP contribution in [0.1, 0.15) is 32.1 Å². The molecule has 0 radical (unpaired) electrons. The van der Waals surface area contributed by atoms with Crippen molar-refractivity contribution in [3.05, 3.63) is 46.6 Å². The largest absolute Gasteiger partial charge is 0.332 e. The molecule has 1 aliphatic carbocycles. The molecule has 0 atom stereocenters. The third kappa shape index (κ3) is 2.92. The second-order valence-corrected chi connectivity index (χ2v) is 8.37. The van der Waals surface area contributed by atoms with E-state index in [1.165, 1.54) is 44.2 Å². The number of H-pyrrole nitrogens is 2. The molecule has 2 N–H and O–H groups in total. The van der Waals surface area contributed by atoms with Crippen molar-refractivity contribution in [3.63, 3.8) is 0 Å². The van der Waals surface area contributed by atoms with Crippen molar-refractivity contribution in [2.24, 2.45) is 5.92 Å². The maximum absolute atomic E-state index is 13.9. The second kappa shape index (κ2) is 6.68. The van der Waals surface area contributed by atoms with Gasteiger partial charge in [-0.3, -0.25) is 4.79 Å². The van der Waals surface area contributed by atoms with Crippen LogP contribution in [0, 0.1) is 11.7 Å². The van der Waals surface area contributed by atoms with E-state index in [1.807, 2.05) is 6.07 Å². The summed E-state index contributed by atoms with van der Waals surface area (Å²) in [6, 6.07) is 6.43. The van der Waals surface area contributed by atoms with Crippen molar-refractivity contribution >= 4 is 44.3 Å². The van der Waals surface area contributed by atoms with E-state index in [-0.39, 0.29) is 11.4 Å². The average Bonchev–Trinajstić information content (AvgIpc) is 3.12. The smallest absolute Gasteiger partial charge is 0.256 e. The maximum Gasteiger partial charge on any atom is 0.256 e. The number of imidazole rings is 1. The van der Waals surface area contributed by atoms with Crippen LogP contribution in [0.5, 0.6) is 0 Å².